The summed E-state index contributed by atoms with van der Waals surface area (Å²) in [6, 6.07) is 0. The lowest BCUT2D eigenvalue weighted by Gasteiger charge is -2.04. The van der Waals surface area contributed by atoms with Crippen molar-refractivity contribution in [2.24, 2.45) is 0 Å². The van der Waals surface area contributed by atoms with Crippen LogP contribution >= 0.6 is 17.1 Å². The molecule has 2 unspecified atom stereocenters. The zero-order chi connectivity index (χ0) is 6.62. The normalized spacial score (nSPS) is 17.9. The van der Waals surface area contributed by atoms with Gasteiger partial charge in [0.1, 0.15) is 0 Å². The Balaban J connectivity index is 3.55. The van der Waals surface area contributed by atoms with Crippen LogP contribution in [0.25, 0.3) is 0 Å². The van der Waals surface area contributed by atoms with Gasteiger partial charge in [0, 0.05) is 15.6 Å². The Hall–Kier alpha value is 0.580. The molecule has 0 saturated heterocycles. The summed E-state index contributed by atoms with van der Waals surface area (Å²) in [6.07, 6.45) is 0.901. The molecule has 8 heavy (non-hydrogen) atoms. The van der Waals surface area contributed by atoms with Crippen LogP contribution in [0.15, 0.2) is 0 Å². The molecule has 0 aliphatic heterocycles. The summed E-state index contributed by atoms with van der Waals surface area (Å²) >= 11 is 0. The lowest BCUT2D eigenvalue weighted by Crippen LogP contribution is -1.84. The third-order valence-corrected chi connectivity index (χ3v) is 3.00. The van der Waals surface area contributed by atoms with Gasteiger partial charge in [-0.15, -0.1) is 0 Å². The van der Waals surface area contributed by atoms with Gasteiger partial charge in [-0.2, -0.15) is 0 Å². The Morgan fingerprint density at radius 1 is 1.88 bits per heavy atom. The average molecular weight is 156 g/mol. The Kier molecular flexibility index (Phi) is 3.84. The summed E-state index contributed by atoms with van der Waals surface area (Å²) in [5.41, 5.74) is 0. The van der Waals surface area contributed by atoms with Crippen LogP contribution in [0.4, 0.5) is 0 Å². The minimum Gasteiger partial charge on any atom is -0.324 e. The Morgan fingerprint density at radius 3 is 2.50 bits per heavy atom. The molecule has 0 radical (unpaired) electrons. The highest BCUT2D eigenvalue weighted by Crippen LogP contribution is 2.44. The molecule has 1 N–H and O–H groups in total. The van der Waals surface area contributed by atoms with Crippen molar-refractivity contribution < 1.29 is 13.8 Å². The van der Waals surface area contributed by atoms with E-state index in [2.05, 4.69) is 4.31 Å². The van der Waals surface area contributed by atoms with Crippen LogP contribution < -0.4 is 0 Å². The quantitative estimate of drug-likeness (QED) is 0.628. The van der Waals surface area contributed by atoms with Gasteiger partial charge in [-0.3, -0.25) is 8.88 Å². The Morgan fingerprint density at radius 2 is 2.38 bits per heavy atom. The first-order chi connectivity index (χ1) is 3.62. The predicted molar refractivity (Wildman–Crippen MR) is 35.8 cm³/mol. The zero-order valence-corrected chi connectivity index (χ0v) is 6.75. The molecule has 0 rings (SSSR count). The molecule has 2 atom stereocenters. The van der Waals surface area contributed by atoms with Crippen LogP contribution in [-0.2, 0) is 8.88 Å². The van der Waals surface area contributed by atoms with Crippen LogP contribution in [0, 0.1) is 0 Å². The van der Waals surface area contributed by atoms with Crippen molar-refractivity contribution in [1.29, 1.82) is 0 Å². The largest absolute Gasteiger partial charge is 0.330 e. The average Bonchev–Trinajstić information content (AvgIpc) is 1.67. The van der Waals surface area contributed by atoms with Crippen molar-refractivity contribution >= 4 is 17.1 Å². The highest BCUT2D eigenvalue weighted by Gasteiger charge is 2.13. The number of rotatable bonds is 3. The van der Waals surface area contributed by atoms with E-state index in [0.717, 1.165) is 0 Å². The van der Waals surface area contributed by atoms with E-state index in [-0.39, 0.29) is 6.16 Å². The molecule has 50 valence electrons. The molecule has 3 nitrogen and oxygen atoms in total. The van der Waals surface area contributed by atoms with Gasteiger partial charge in [0.05, 0.1) is 0 Å². The van der Waals surface area contributed by atoms with Gasteiger partial charge in [0.2, 0.25) is 0 Å². The summed E-state index contributed by atoms with van der Waals surface area (Å²) in [5.74, 6) is 0. The molecular formula is C3H10O3P2. The molecule has 0 bridgehead atoms. The van der Waals surface area contributed by atoms with Crippen molar-refractivity contribution in [2.75, 3.05) is 6.16 Å². The van der Waals surface area contributed by atoms with Crippen LogP contribution in [0.2, 0.25) is 0 Å². The van der Waals surface area contributed by atoms with Crippen LogP contribution in [0.3, 0.4) is 0 Å². The fourth-order valence-corrected chi connectivity index (χ4v) is 1.32. The molecule has 0 amide bonds. The lowest BCUT2D eigenvalue weighted by atomic mass is 10.6. The molecule has 0 aromatic heterocycles. The second kappa shape index (κ2) is 3.58. The summed E-state index contributed by atoms with van der Waals surface area (Å²) in [7, 11) is -1.43. The van der Waals surface area contributed by atoms with Crippen molar-refractivity contribution in [1.82, 2.24) is 0 Å². The minimum absolute atomic E-state index is 0.233. The van der Waals surface area contributed by atoms with Gasteiger partial charge < -0.3 is 4.89 Å². The first-order valence-electron chi connectivity index (χ1n) is 2.32. The lowest BCUT2D eigenvalue weighted by molar-refractivity contribution is 0.400. The molecule has 0 saturated carbocycles. The van der Waals surface area contributed by atoms with Gasteiger partial charge in [-0.1, -0.05) is 6.92 Å². The molecule has 0 aromatic carbocycles. The molecule has 0 spiro atoms. The summed E-state index contributed by atoms with van der Waals surface area (Å²) in [6.45, 7) is 1.83. The first-order valence-corrected chi connectivity index (χ1v) is 4.56. The second-order valence-electron chi connectivity index (χ2n) is 1.47. The van der Waals surface area contributed by atoms with E-state index >= 15 is 0 Å². The maximum absolute atomic E-state index is 10.5. The van der Waals surface area contributed by atoms with Gasteiger partial charge in [-0.25, -0.2) is 0 Å². The second-order valence-corrected chi connectivity index (χ2v) is 4.03. The van der Waals surface area contributed by atoms with E-state index < -0.39 is 7.60 Å². The van der Waals surface area contributed by atoms with Crippen LogP contribution in [0.1, 0.15) is 13.3 Å². The van der Waals surface area contributed by atoms with Crippen molar-refractivity contribution in [3.63, 3.8) is 0 Å². The van der Waals surface area contributed by atoms with Crippen LogP contribution in [-0.4, -0.2) is 11.1 Å². The van der Waals surface area contributed by atoms with Crippen molar-refractivity contribution in [3.8, 4) is 0 Å². The highest BCUT2D eigenvalue weighted by atomic mass is 31.2. The predicted octanol–water partition coefficient (Wildman–Crippen LogP) is 1.39. The highest BCUT2D eigenvalue weighted by molar-refractivity contribution is 7.56. The van der Waals surface area contributed by atoms with E-state index in [1.54, 1.807) is 9.47 Å². The molecule has 0 fully saturated rings. The zero-order valence-electron chi connectivity index (χ0n) is 4.70. The first kappa shape index (κ1) is 8.58. The Labute approximate surface area is 51.3 Å². The monoisotopic (exact) mass is 156 g/mol. The fraction of sp³-hybridized carbons (Fsp3) is 1.00. The molecule has 0 aliphatic rings. The molecular weight excluding hydrogens is 146 g/mol. The van der Waals surface area contributed by atoms with E-state index in [0.29, 0.717) is 6.42 Å². The van der Waals surface area contributed by atoms with Crippen molar-refractivity contribution in [3.05, 3.63) is 0 Å². The van der Waals surface area contributed by atoms with E-state index in [4.69, 9.17) is 4.89 Å². The smallest absolute Gasteiger partial charge is 0.324 e. The minimum atomic E-state index is -3.21. The summed E-state index contributed by atoms with van der Waals surface area (Å²) < 4.78 is 14.7. The van der Waals surface area contributed by atoms with Gasteiger partial charge in [0.15, 0.2) is 0 Å². The van der Waals surface area contributed by atoms with Gasteiger partial charge in [0.25, 0.3) is 0 Å². The summed E-state index contributed by atoms with van der Waals surface area (Å²) in [4.78, 5) is 8.64. The molecule has 0 aromatic rings. The van der Waals surface area contributed by atoms with E-state index in [1.165, 1.54) is 0 Å². The maximum atomic E-state index is 10.5. The van der Waals surface area contributed by atoms with E-state index in [9.17, 15) is 4.57 Å². The Bertz CT molecular complexity index is 103. The third-order valence-electron chi connectivity index (χ3n) is 0.671. The third kappa shape index (κ3) is 3.57. The molecule has 0 heterocycles. The summed E-state index contributed by atoms with van der Waals surface area (Å²) in [5, 5.41) is 0. The number of hydrogen-bond donors (Lipinski definition) is 1. The van der Waals surface area contributed by atoms with Crippen LogP contribution in [0.5, 0.6) is 0 Å². The topological polar surface area (TPSA) is 46.5 Å². The molecule has 0 aliphatic carbocycles. The van der Waals surface area contributed by atoms with E-state index in [1.807, 2.05) is 6.92 Å². The van der Waals surface area contributed by atoms with Crippen molar-refractivity contribution in [2.45, 2.75) is 13.3 Å². The standard InChI is InChI=1S/C3H10O3P2/c1-2-3-8(4,5)6-7/h2-3,7H2,1H3,(H,4,5). The van der Waals surface area contributed by atoms with Gasteiger partial charge in [-0.05, 0) is 6.42 Å². The SMILES string of the molecule is CCCP(=O)(O)OP. The number of hydrogen-bond acceptors (Lipinski definition) is 2. The fourth-order valence-electron chi connectivity index (χ4n) is 0.335. The van der Waals surface area contributed by atoms with Gasteiger partial charge >= 0.3 is 7.60 Å². The maximum Gasteiger partial charge on any atom is 0.330 e. The molecule has 5 heteroatoms.